The van der Waals surface area contributed by atoms with Crippen molar-refractivity contribution in [2.75, 3.05) is 31.6 Å². The maximum absolute atomic E-state index is 14.2. The minimum absolute atomic E-state index is 0.00416. The summed E-state index contributed by atoms with van der Waals surface area (Å²) in [6.45, 7) is 9.98. The van der Waals surface area contributed by atoms with Gasteiger partial charge in [-0.3, -0.25) is 9.79 Å². The quantitative estimate of drug-likeness (QED) is 0.273. The number of carbonyl (C=O) groups excluding carboxylic acids is 2. The Bertz CT molecular complexity index is 1560. The third-order valence-electron chi connectivity index (χ3n) is 8.64. The molecule has 0 spiro atoms. The van der Waals surface area contributed by atoms with Crippen molar-refractivity contribution in [3.05, 3.63) is 59.7 Å². The lowest BCUT2D eigenvalue weighted by atomic mass is 9.96. The number of hydrogen-bond acceptors (Lipinski definition) is 9. The summed E-state index contributed by atoms with van der Waals surface area (Å²) in [4.78, 5) is 30.6. The van der Waals surface area contributed by atoms with Crippen LogP contribution in [-0.2, 0) is 35.4 Å². The lowest BCUT2D eigenvalue weighted by Crippen LogP contribution is -2.51. The van der Waals surface area contributed by atoms with Gasteiger partial charge in [-0.05, 0) is 68.9 Å². The second-order valence-electron chi connectivity index (χ2n) is 13.2. The second kappa shape index (κ2) is 14.8. The van der Waals surface area contributed by atoms with E-state index in [2.05, 4.69) is 15.6 Å². The highest BCUT2D eigenvalue weighted by atomic mass is 32.2. The van der Waals surface area contributed by atoms with Crippen molar-refractivity contribution < 1.29 is 37.3 Å². The molecule has 2 aromatic rings. The summed E-state index contributed by atoms with van der Waals surface area (Å²) in [6, 6.07) is 13.0. The zero-order chi connectivity index (χ0) is 33.9. The summed E-state index contributed by atoms with van der Waals surface area (Å²) in [5.41, 5.74) is 2.53. The predicted molar refractivity (Wildman–Crippen MR) is 177 cm³/mol. The predicted octanol–water partition coefficient (Wildman–Crippen LogP) is 3.70. The van der Waals surface area contributed by atoms with Gasteiger partial charge in [0, 0.05) is 30.5 Å². The number of aliphatic hydroxyl groups is 1. The SMILES string of the molecule is CC(=NC(C)C)C1C(=O)Nc2ccc(S(=O)(=O)N(CC(C)C)CC(O)C(Cc3ccccc3)NC(=O)OC3COC4OCCC34)cc21. The van der Waals surface area contributed by atoms with E-state index in [1.54, 1.807) is 13.0 Å². The third kappa shape index (κ3) is 8.21. The molecule has 3 N–H and O–H groups in total. The molecule has 47 heavy (non-hydrogen) atoms. The van der Waals surface area contributed by atoms with Gasteiger partial charge in [-0.1, -0.05) is 44.2 Å². The number of fused-ring (bicyclic) bond motifs is 2. The molecule has 0 aromatic heterocycles. The van der Waals surface area contributed by atoms with Crippen LogP contribution in [0.25, 0.3) is 0 Å². The Morgan fingerprint density at radius 1 is 1.13 bits per heavy atom. The first-order valence-corrected chi connectivity index (χ1v) is 17.7. The van der Waals surface area contributed by atoms with Gasteiger partial charge in [-0.2, -0.15) is 4.31 Å². The van der Waals surface area contributed by atoms with E-state index in [0.29, 0.717) is 23.6 Å². The number of ether oxygens (including phenoxy) is 3. The molecule has 2 amide bonds. The van der Waals surface area contributed by atoms with Crippen LogP contribution in [0.4, 0.5) is 10.5 Å². The van der Waals surface area contributed by atoms with Crippen molar-refractivity contribution in [1.82, 2.24) is 9.62 Å². The monoisotopic (exact) mass is 670 g/mol. The number of aliphatic imine (C=N–C) groups is 1. The fourth-order valence-corrected chi connectivity index (χ4v) is 8.14. The van der Waals surface area contributed by atoms with Crippen LogP contribution in [0.5, 0.6) is 0 Å². The summed E-state index contributed by atoms with van der Waals surface area (Å²) in [6.07, 6.45) is -1.91. The van der Waals surface area contributed by atoms with Crippen LogP contribution in [0.1, 0.15) is 58.1 Å². The number of anilines is 1. The molecule has 5 rings (SSSR count). The molecule has 256 valence electrons. The molecule has 3 aliphatic rings. The van der Waals surface area contributed by atoms with Gasteiger partial charge in [0.2, 0.25) is 15.9 Å². The first-order valence-electron chi connectivity index (χ1n) is 16.2. The van der Waals surface area contributed by atoms with Gasteiger partial charge in [0.05, 0.1) is 36.2 Å². The standard InChI is InChI=1S/C34H46N4O8S/c1-20(2)17-38(47(42,43)24-11-12-27-26(16-24)31(32(40)36-27)22(5)35-21(3)4)18-29(39)28(15-23-9-7-6-8-10-23)37-34(41)46-30-19-45-33-25(30)13-14-44-33/h6-12,16,20-21,25,28-31,33,39H,13-15,17-19H2,1-5H3,(H,36,40)(H,37,41). The van der Waals surface area contributed by atoms with E-state index in [0.717, 1.165) is 12.0 Å². The summed E-state index contributed by atoms with van der Waals surface area (Å²) < 4.78 is 46.5. The molecular weight excluding hydrogens is 624 g/mol. The molecule has 0 bridgehead atoms. The van der Waals surface area contributed by atoms with Crippen LogP contribution >= 0.6 is 0 Å². The number of sulfonamides is 1. The Balaban J connectivity index is 1.38. The van der Waals surface area contributed by atoms with E-state index >= 15 is 0 Å². The van der Waals surface area contributed by atoms with Crippen molar-refractivity contribution in [3.8, 4) is 0 Å². The Labute approximate surface area is 276 Å². The van der Waals surface area contributed by atoms with Crippen LogP contribution < -0.4 is 10.6 Å². The smallest absolute Gasteiger partial charge is 0.407 e. The maximum Gasteiger partial charge on any atom is 0.407 e. The van der Waals surface area contributed by atoms with Crippen LogP contribution in [-0.4, -0.2) is 92.4 Å². The van der Waals surface area contributed by atoms with Crippen LogP contribution in [0, 0.1) is 11.8 Å². The highest BCUT2D eigenvalue weighted by molar-refractivity contribution is 7.89. The second-order valence-corrected chi connectivity index (χ2v) is 15.2. The molecule has 2 fully saturated rings. The van der Waals surface area contributed by atoms with Crippen molar-refractivity contribution in [2.24, 2.45) is 16.8 Å². The Kier molecular flexibility index (Phi) is 11.0. The van der Waals surface area contributed by atoms with E-state index < -0.39 is 40.3 Å². The normalized spacial score (nSPS) is 23.9. The average Bonchev–Trinajstić information content (AvgIpc) is 3.71. The van der Waals surface area contributed by atoms with Gasteiger partial charge in [0.15, 0.2) is 6.29 Å². The number of nitrogens with one attached hydrogen (secondary N) is 2. The molecule has 2 saturated heterocycles. The third-order valence-corrected chi connectivity index (χ3v) is 10.5. The van der Waals surface area contributed by atoms with E-state index in [9.17, 15) is 23.1 Å². The molecule has 2 aromatic carbocycles. The molecule has 0 radical (unpaired) electrons. The number of aliphatic hydroxyl groups excluding tert-OH is 1. The molecule has 0 aliphatic carbocycles. The Hall–Kier alpha value is -3.36. The van der Waals surface area contributed by atoms with E-state index in [1.165, 1.54) is 16.4 Å². The van der Waals surface area contributed by atoms with Crippen molar-refractivity contribution in [1.29, 1.82) is 0 Å². The lowest BCUT2D eigenvalue weighted by Gasteiger charge is -2.31. The summed E-state index contributed by atoms with van der Waals surface area (Å²) in [5, 5.41) is 17.3. The van der Waals surface area contributed by atoms with Crippen LogP contribution in [0.2, 0.25) is 0 Å². The molecule has 6 atom stereocenters. The number of benzene rings is 2. The van der Waals surface area contributed by atoms with Crippen LogP contribution in [0.15, 0.2) is 58.4 Å². The summed E-state index contributed by atoms with van der Waals surface area (Å²) >= 11 is 0. The van der Waals surface area contributed by atoms with E-state index in [-0.39, 0.29) is 61.1 Å². The molecular formula is C34H46N4O8S. The van der Waals surface area contributed by atoms with Gasteiger partial charge in [0.25, 0.3) is 0 Å². The highest BCUT2D eigenvalue weighted by Crippen LogP contribution is 2.36. The lowest BCUT2D eigenvalue weighted by molar-refractivity contribution is -0.115. The maximum atomic E-state index is 14.2. The summed E-state index contributed by atoms with van der Waals surface area (Å²) in [5.74, 6) is -1.08. The Morgan fingerprint density at radius 2 is 1.87 bits per heavy atom. The number of carbonyl (C=O) groups is 2. The number of nitrogens with zero attached hydrogens (tertiary/aromatic N) is 2. The van der Waals surface area contributed by atoms with Gasteiger partial charge >= 0.3 is 6.09 Å². The minimum Gasteiger partial charge on any atom is -0.443 e. The molecule has 3 aliphatic heterocycles. The zero-order valence-corrected chi connectivity index (χ0v) is 28.4. The minimum atomic E-state index is -4.15. The molecule has 3 heterocycles. The van der Waals surface area contributed by atoms with Gasteiger partial charge in [0.1, 0.15) is 12.0 Å². The number of amides is 2. The largest absolute Gasteiger partial charge is 0.443 e. The Morgan fingerprint density at radius 3 is 2.57 bits per heavy atom. The fourth-order valence-electron chi connectivity index (χ4n) is 6.48. The fraction of sp³-hybridized carbons (Fsp3) is 0.559. The number of rotatable bonds is 13. The summed E-state index contributed by atoms with van der Waals surface area (Å²) in [7, 11) is -4.15. The topological polar surface area (TPSA) is 156 Å². The van der Waals surface area contributed by atoms with E-state index in [4.69, 9.17) is 14.2 Å². The highest BCUT2D eigenvalue weighted by Gasteiger charge is 2.44. The van der Waals surface area contributed by atoms with Crippen molar-refractivity contribution in [3.63, 3.8) is 0 Å². The van der Waals surface area contributed by atoms with Crippen molar-refractivity contribution in [2.45, 2.75) is 88.9 Å². The molecule has 0 saturated carbocycles. The average molecular weight is 671 g/mol. The molecule has 13 heteroatoms. The van der Waals surface area contributed by atoms with Crippen molar-refractivity contribution >= 4 is 33.4 Å². The number of hydrogen-bond donors (Lipinski definition) is 3. The van der Waals surface area contributed by atoms with Gasteiger partial charge in [-0.15, -0.1) is 0 Å². The van der Waals surface area contributed by atoms with Crippen LogP contribution in [0.3, 0.4) is 0 Å². The van der Waals surface area contributed by atoms with Gasteiger partial charge in [-0.25, -0.2) is 13.2 Å². The van der Waals surface area contributed by atoms with Gasteiger partial charge < -0.3 is 30.0 Å². The number of alkyl carbamates (subject to hydrolysis) is 1. The molecule has 6 unspecified atom stereocenters. The van der Waals surface area contributed by atoms with E-state index in [1.807, 2.05) is 58.0 Å². The first-order chi connectivity index (χ1) is 22.3. The molecule has 12 nitrogen and oxygen atoms in total. The first kappa shape index (κ1) is 35.0. The zero-order valence-electron chi connectivity index (χ0n) is 27.6.